The summed E-state index contributed by atoms with van der Waals surface area (Å²) in [6.45, 7) is 6.96. The molecule has 2 aromatic rings. The Bertz CT molecular complexity index is 1190. The summed E-state index contributed by atoms with van der Waals surface area (Å²) in [5.41, 5.74) is 1.23. The van der Waals surface area contributed by atoms with Gasteiger partial charge in [-0.3, -0.25) is 14.2 Å². The molecule has 1 aromatic carbocycles. The lowest BCUT2D eigenvalue weighted by Crippen LogP contribution is -2.34. The van der Waals surface area contributed by atoms with Crippen LogP contribution >= 0.6 is 11.3 Å². The summed E-state index contributed by atoms with van der Waals surface area (Å²) in [5, 5.41) is 25.9. The summed E-state index contributed by atoms with van der Waals surface area (Å²) in [6, 6.07) is 9.44. The van der Waals surface area contributed by atoms with E-state index in [1.54, 1.807) is 20.0 Å². The molecule has 1 atom stereocenters. The number of anilines is 1. The Morgan fingerprint density at radius 3 is 2.73 bits per heavy atom. The molecule has 1 saturated heterocycles. The average molecular weight is 470 g/mol. The van der Waals surface area contributed by atoms with Gasteiger partial charge in [0, 0.05) is 31.5 Å². The number of aliphatic hydroxyl groups excluding tert-OH is 1. The van der Waals surface area contributed by atoms with E-state index in [1.165, 1.54) is 23.8 Å². The van der Waals surface area contributed by atoms with Gasteiger partial charge in [0.2, 0.25) is 0 Å². The van der Waals surface area contributed by atoms with Crippen LogP contribution in [0.5, 0.6) is 0 Å². The van der Waals surface area contributed by atoms with Crippen LogP contribution in [0.1, 0.15) is 44.8 Å². The molecule has 1 unspecified atom stereocenters. The topological polar surface area (TPSA) is 110 Å². The fourth-order valence-electron chi connectivity index (χ4n) is 3.91. The highest BCUT2D eigenvalue weighted by Gasteiger charge is 2.17. The number of nitriles is 1. The molecule has 3 N–H and O–H groups in total. The van der Waals surface area contributed by atoms with Crippen molar-refractivity contribution in [3.05, 3.63) is 49.4 Å². The van der Waals surface area contributed by atoms with E-state index < -0.39 is 12.0 Å². The minimum atomic E-state index is -0.583. The number of rotatable bonds is 8. The second-order valence-corrected chi connectivity index (χ2v) is 8.99. The van der Waals surface area contributed by atoms with Gasteiger partial charge < -0.3 is 20.6 Å². The third kappa shape index (κ3) is 6.11. The number of amides is 1. The lowest BCUT2D eigenvalue weighted by atomic mass is 10.1. The van der Waals surface area contributed by atoms with Crippen LogP contribution in [-0.4, -0.2) is 46.7 Å². The van der Waals surface area contributed by atoms with Crippen molar-refractivity contribution in [2.24, 2.45) is 0 Å². The minimum absolute atomic E-state index is 0.0664. The highest BCUT2D eigenvalue weighted by atomic mass is 32.1. The zero-order valence-corrected chi connectivity index (χ0v) is 20.0. The number of nitrogens with zero attached hydrogens (tertiary/aromatic N) is 3. The Balaban J connectivity index is 1.86. The minimum Gasteiger partial charge on any atom is -0.387 e. The fraction of sp³-hybridized carbons (Fsp3) is 0.458. The molecule has 1 fully saturated rings. The van der Waals surface area contributed by atoms with E-state index in [4.69, 9.17) is 0 Å². The second-order valence-electron chi connectivity index (χ2n) is 7.96. The molecule has 1 amide bonds. The molecule has 3 rings (SSSR count). The van der Waals surface area contributed by atoms with Gasteiger partial charge >= 0.3 is 0 Å². The normalized spacial score (nSPS) is 16.7. The van der Waals surface area contributed by atoms with Gasteiger partial charge in [-0.05, 0) is 57.5 Å². The maximum absolute atomic E-state index is 12.8. The van der Waals surface area contributed by atoms with Gasteiger partial charge in [-0.1, -0.05) is 18.6 Å². The average Bonchev–Trinajstić information content (AvgIpc) is 3.14. The van der Waals surface area contributed by atoms with Gasteiger partial charge in [-0.25, -0.2) is 0 Å². The van der Waals surface area contributed by atoms with Crippen LogP contribution in [-0.2, 0) is 11.3 Å². The Morgan fingerprint density at radius 1 is 1.30 bits per heavy atom. The van der Waals surface area contributed by atoms with E-state index in [1.807, 2.05) is 30.3 Å². The molecule has 8 nitrogen and oxygen atoms in total. The van der Waals surface area contributed by atoms with Crippen LogP contribution in [0.15, 0.2) is 29.1 Å². The Hall–Kier alpha value is -2.93. The highest BCUT2D eigenvalue weighted by Crippen LogP contribution is 2.20. The van der Waals surface area contributed by atoms with Crippen LogP contribution in [0.2, 0.25) is 0 Å². The summed E-state index contributed by atoms with van der Waals surface area (Å²) >= 11 is 1.11. The summed E-state index contributed by atoms with van der Waals surface area (Å²) in [7, 11) is 0. The Labute approximate surface area is 197 Å². The van der Waals surface area contributed by atoms with Crippen molar-refractivity contribution in [1.29, 1.82) is 5.26 Å². The summed E-state index contributed by atoms with van der Waals surface area (Å²) in [4.78, 5) is 27.4. The Morgan fingerprint density at radius 2 is 2.06 bits per heavy atom. The van der Waals surface area contributed by atoms with Crippen LogP contribution in [0, 0.1) is 11.3 Å². The van der Waals surface area contributed by atoms with Crippen molar-refractivity contribution in [3.63, 3.8) is 0 Å². The molecule has 0 aliphatic carbocycles. The van der Waals surface area contributed by atoms with E-state index in [2.05, 4.69) is 15.5 Å². The number of hydrogen-bond acceptors (Lipinski definition) is 7. The largest absolute Gasteiger partial charge is 0.387 e. The smallest absolute Gasteiger partial charge is 0.270 e. The van der Waals surface area contributed by atoms with Crippen LogP contribution < -0.4 is 25.4 Å². The molecule has 1 aliphatic rings. The Kier molecular flexibility index (Phi) is 8.83. The molecule has 0 radical (unpaired) electrons. The quantitative estimate of drug-likeness (QED) is 0.534. The molecule has 33 heavy (non-hydrogen) atoms. The van der Waals surface area contributed by atoms with Gasteiger partial charge in [-0.15, -0.1) is 11.3 Å². The standard InChI is InChI=1S/C24H31N5O3S/c1-3-26-22(31)19(14-25)24-29(4-2)23(32)21(33-24)15-27-18-10-8-9-17(13-18)20(30)16-28-11-6-5-7-12-28/h8-10,13,15,20,27,30H,3-7,11-12,16H2,1-2H3,(H,26,31). The highest BCUT2D eigenvalue weighted by molar-refractivity contribution is 7.07. The van der Waals surface area contributed by atoms with E-state index >= 15 is 0 Å². The molecule has 0 saturated carbocycles. The van der Waals surface area contributed by atoms with Crippen molar-refractivity contribution in [2.75, 3.05) is 31.5 Å². The third-order valence-electron chi connectivity index (χ3n) is 5.64. The lowest BCUT2D eigenvalue weighted by Gasteiger charge is -2.28. The number of β-amino-alcohol motifs (C(OH)–C–C–N with tert-alkyl or cyclic N) is 1. The lowest BCUT2D eigenvalue weighted by molar-refractivity contribution is -0.115. The van der Waals surface area contributed by atoms with Crippen LogP contribution in [0.25, 0.3) is 11.8 Å². The van der Waals surface area contributed by atoms with Gasteiger partial charge in [0.05, 0.1) is 6.10 Å². The molecular formula is C24H31N5O3S. The summed E-state index contributed by atoms with van der Waals surface area (Å²) in [5.74, 6) is -0.488. The molecular weight excluding hydrogens is 438 g/mol. The first-order valence-electron chi connectivity index (χ1n) is 11.4. The predicted molar refractivity (Wildman–Crippen MR) is 131 cm³/mol. The van der Waals surface area contributed by atoms with Crippen molar-refractivity contribution < 1.29 is 9.90 Å². The van der Waals surface area contributed by atoms with Gasteiger partial charge in [0.15, 0.2) is 5.57 Å². The monoisotopic (exact) mass is 469 g/mol. The first-order valence-corrected chi connectivity index (χ1v) is 12.2. The van der Waals surface area contributed by atoms with Crippen molar-refractivity contribution in [3.8, 4) is 6.07 Å². The predicted octanol–water partition coefficient (Wildman–Crippen LogP) is 1.11. The maximum Gasteiger partial charge on any atom is 0.270 e. The van der Waals surface area contributed by atoms with Gasteiger partial charge in [0.25, 0.3) is 11.5 Å². The SMILES string of the molecule is CCNC(=O)C(C#N)=c1sc(=CNc2cccc(C(O)CN3CCCCC3)c2)c(=O)n1CC. The third-order valence-corrected chi connectivity index (χ3v) is 6.77. The van der Waals surface area contributed by atoms with Crippen molar-refractivity contribution in [1.82, 2.24) is 14.8 Å². The number of likely N-dealkylation sites (tertiary alicyclic amines) is 1. The number of benzene rings is 1. The number of carbonyl (C=O) groups excluding carboxylic acids is 1. The van der Waals surface area contributed by atoms with Gasteiger partial charge in [-0.2, -0.15) is 5.26 Å². The summed E-state index contributed by atoms with van der Waals surface area (Å²) in [6.07, 6.45) is 4.60. The molecule has 176 valence electrons. The zero-order chi connectivity index (χ0) is 23.8. The van der Waals surface area contributed by atoms with Crippen LogP contribution in [0.3, 0.4) is 0 Å². The number of hydrogen-bond donors (Lipinski definition) is 3. The van der Waals surface area contributed by atoms with Gasteiger partial charge in [0.1, 0.15) is 15.3 Å². The molecule has 1 aliphatic heterocycles. The molecule has 9 heteroatoms. The number of nitrogens with one attached hydrogen (secondary N) is 2. The van der Waals surface area contributed by atoms with E-state index in [-0.39, 0.29) is 11.1 Å². The van der Waals surface area contributed by atoms with E-state index in [9.17, 15) is 20.0 Å². The number of aliphatic hydroxyl groups is 1. The van der Waals surface area contributed by atoms with Crippen molar-refractivity contribution in [2.45, 2.75) is 45.8 Å². The zero-order valence-electron chi connectivity index (χ0n) is 19.1. The fourth-order valence-corrected chi connectivity index (χ4v) is 5.00. The number of carbonyl (C=O) groups is 1. The van der Waals surface area contributed by atoms with Crippen LogP contribution in [0.4, 0.5) is 5.69 Å². The van der Waals surface area contributed by atoms with Crippen molar-refractivity contribution >= 4 is 34.7 Å². The number of aromatic nitrogens is 1. The van der Waals surface area contributed by atoms with E-state index in [0.717, 1.165) is 35.7 Å². The molecule has 0 bridgehead atoms. The number of thiazole rings is 1. The second kappa shape index (κ2) is 11.8. The maximum atomic E-state index is 12.8. The number of piperidine rings is 1. The molecule has 0 spiro atoms. The van der Waals surface area contributed by atoms with E-state index in [0.29, 0.717) is 28.8 Å². The molecule has 2 heterocycles. The summed E-state index contributed by atoms with van der Waals surface area (Å²) < 4.78 is 2.17. The molecule has 1 aromatic heterocycles. The first kappa shape index (κ1) is 24.7. The first-order chi connectivity index (χ1) is 16.0.